The maximum atomic E-state index is 13.3. The number of hydrogen-bond acceptors (Lipinski definition) is 4. The first kappa shape index (κ1) is 20.8. The molecule has 0 amide bonds. The average molecular weight is 481 g/mol. The quantitative estimate of drug-likeness (QED) is 0.311. The minimum atomic E-state index is -0.455. The summed E-state index contributed by atoms with van der Waals surface area (Å²) in [5, 5.41) is 4.58. The van der Waals surface area contributed by atoms with Crippen LogP contribution in [0.15, 0.2) is 83.3 Å². The van der Waals surface area contributed by atoms with E-state index in [4.69, 9.17) is 9.47 Å². The van der Waals surface area contributed by atoms with Crippen LogP contribution in [-0.2, 0) is 18.4 Å². The van der Waals surface area contributed by atoms with E-state index in [0.717, 1.165) is 10.0 Å². The van der Waals surface area contributed by atoms with Gasteiger partial charge in [-0.25, -0.2) is 13.9 Å². The molecule has 0 N–H and O–H groups in total. The Hall–Kier alpha value is -3.45. The van der Waals surface area contributed by atoms with Crippen molar-refractivity contribution in [2.75, 3.05) is 0 Å². The number of rotatable bonds is 6. The van der Waals surface area contributed by atoms with Crippen LogP contribution in [0, 0.1) is 5.82 Å². The zero-order chi connectivity index (χ0) is 21.8. The molecule has 0 fully saturated rings. The normalized spacial score (nSPS) is 10.7. The van der Waals surface area contributed by atoms with Gasteiger partial charge >= 0.3 is 5.97 Å². The Bertz CT molecular complexity index is 1190. The minimum Gasteiger partial charge on any atom is -0.457 e. The maximum Gasteiger partial charge on any atom is 0.338 e. The summed E-state index contributed by atoms with van der Waals surface area (Å²) < 4.78 is 27.3. The lowest BCUT2D eigenvalue weighted by molar-refractivity contribution is 0.0471. The van der Waals surface area contributed by atoms with Crippen molar-refractivity contribution in [1.29, 1.82) is 0 Å². The number of nitrogens with zero attached hydrogens (tertiary/aromatic N) is 2. The predicted octanol–water partition coefficient (Wildman–Crippen LogP) is 6.14. The first-order chi connectivity index (χ1) is 15.0. The molecule has 0 radical (unpaired) electrons. The third-order valence-electron chi connectivity index (χ3n) is 4.59. The zero-order valence-electron chi connectivity index (χ0n) is 16.6. The van der Waals surface area contributed by atoms with E-state index in [9.17, 15) is 9.18 Å². The summed E-state index contributed by atoms with van der Waals surface area (Å²) in [4.78, 5) is 12.5. The monoisotopic (exact) mass is 480 g/mol. The van der Waals surface area contributed by atoms with Crippen LogP contribution in [0.2, 0.25) is 0 Å². The smallest absolute Gasteiger partial charge is 0.338 e. The topological polar surface area (TPSA) is 53.4 Å². The molecule has 3 aromatic carbocycles. The van der Waals surface area contributed by atoms with Crippen LogP contribution < -0.4 is 4.74 Å². The Labute approximate surface area is 187 Å². The Morgan fingerprint density at radius 2 is 1.68 bits per heavy atom. The lowest BCUT2D eigenvalue weighted by Gasteiger charge is -2.10. The van der Waals surface area contributed by atoms with E-state index in [1.807, 2.05) is 30.3 Å². The Morgan fingerprint density at radius 3 is 2.35 bits per heavy atom. The number of carbonyl (C=O) groups excluding carboxylic acids is 1. The van der Waals surface area contributed by atoms with Crippen LogP contribution in [0.3, 0.4) is 0 Å². The van der Waals surface area contributed by atoms with Gasteiger partial charge in [-0.05, 0) is 48.5 Å². The third-order valence-corrected chi connectivity index (χ3v) is 5.12. The van der Waals surface area contributed by atoms with Gasteiger partial charge in [0.2, 0.25) is 5.88 Å². The molecule has 0 aliphatic rings. The van der Waals surface area contributed by atoms with Gasteiger partial charge in [0.15, 0.2) is 0 Å². The van der Waals surface area contributed by atoms with Crippen molar-refractivity contribution in [3.8, 4) is 22.9 Å². The van der Waals surface area contributed by atoms with Crippen molar-refractivity contribution in [3.05, 3.63) is 100 Å². The molecule has 7 heteroatoms. The Morgan fingerprint density at radius 1 is 1.00 bits per heavy atom. The fraction of sp³-hybridized carbons (Fsp3) is 0.0833. The molecule has 0 saturated carbocycles. The second-order valence-corrected chi connectivity index (χ2v) is 7.68. The van der Waals surface area contributed by atoms with E-state index in [0.29, 0.717) is 28.5 Å². The summed E-state index contributed by atoms with van der Waals surface area (Å²) in [5.74, 6) is 0.0487. The fourth-order valence-corrected chi connectivity index (χ4v) is 3.32. The molecular weight excluding hydrogens is 463 g/mol. The summed E-state index contributed by atoms with van der Waals surface area (Å²) in [6, 6.07) is 22.2. The number of hydrogen-bond donors (Lipinski definition) is 0. The van der Waals surface area contributed by atoms with E-state index in [1.54, 1.807) is 36.0 Å². The first-order valence-corrected chi connectivity index (χ1v) is 10.3. The third kappa shape index (κ3) is 4.83. The van der Waals surface area contributed by atoms with Gasteiger partial charge in [0.05, 0.1) is 11.1 Å². The molecule has 0 aliphatic heterocycles. The number of carbonyl (C=O) groups is 1. The lowest BCUT2D eigenvalue weighted by Crippen LogP contribution is -2.06. The molecule has 0 unspecified atom stereocenters. The first-order valence-electron chi connectivity index (χ1n) is 9.48. The highest BCUT2D eigenvalue weighted by molar-refractivity contribution is 9.10. The summed E-state index contributed by atoms with van der Waals surface area (Å²) >= 11 is 3.35. The van der Waals surface area contributed by atoms with Gasteiger partial charge in [-0.3, -0.25) is 0 Å². The second kappa shape index (κ2) is 9.14. The van der Waals surface area contributed by atoms with E-state index >= 15 is 0 Å². The van der Waals surface area contributed by atoms with Gasteiger partial charge < -0.3 is 9.47 Å². The van der Waals surface area contributed by atoms with Crippen molar-refractivity contribution >= 4 is 21.9 Å². The van der Waals surface area contributed by atoms with Gasteiger partial charge in [-0.2, -0.15) is 5.10 Å². The summed E-state index contributed by atoms with van der Waals surface area (Å²) in [6.07, 6.45) is 0. The Kier molecular flexibility index (Phi) is 6.13. The number of halogens is 2. The molecule has 5 nitrogen and oxygen atoms in total. The minimum absolute atomic E-state index is 0.0382. The van der Waals surface area contributed by atoms with Crippen LogP contribution in [0.1, 0.15) is 15.9 Å². The van der Waals surface area contributed by atoms with Gasteiger partial charge in [0.25, 0.3) is 0 Å². The van der Waals surface area contributed by atoms with Crippen molar-refractivity contribution < 1.29 is 18.7 Å². The van der Waals surface area contributed by atoms with E-state index in [1.165, 1.54) is 24.3 Å². The number of aromatic nitrogens is 2. The van der Waals surface area contributed by atoms with Crippen molar-refractivity contribution in [2.45, 2.75) is 6.61 Å². The molecular formula is C24H18BrFN2O3. The van der Waals surface area contributed by atoms with Crippen LogP contribution in [-0.4, -0.2) is 15.7 Å². The van der Waals surface area contributed by atoms with Crippen LogP contribution in [0.25, 0.3) is 11.3 Å². The van der Waals surface area contributed by atoms with Crippen LogP contribution >= 0.6 is 15.9 Å². The molecule has 0 saturated heterocycles. The Balaban J connectivity index is 1.66. The number of aryl methyl sites for hydroxylation is 1. The standard InChI is InChI=1S/C24H18BrFN2O3/c1-28-23(31-20-13-11-19(26)12-14-20)21(22(27-28)16-5-3-2-4-6-16)15-30-24(29)17-7-9-18(25)10-8-17/h2-14H,15H2,1H3. The fourth-order valence-electron chi connectivity index (χ4n) is 3.06. The predicted molar refractivity (Wildman–Crippen MR) is 118 cm³/mol. The number of esters is 1. The molecule has 1 heterocycles. The molecule has 0 atom stereocenters. The highest BCUT2D eigenvalue weighted by Gasteiger charge is 2.21. The molecule has 1 aromatic heterocycles. The zero-order valence-corrected chi connectivity index (χ0v) is 18.2. The van der Waals surface area contributed by atoms with Crippen LogP contribution in [0.4, 0.5) is 4.39 Å². The highest BCUT2D eigenvalue weighted by Crippen LogP contribution is 2.34. The van der Waals surface area contributed by atoms with Crippen molar-refractivity contribution in [2.24, 2.45) is 7.05 Å². The van der Waals surface area contributed by atoms with E-state index < -0.39 is 5.97 Å². The van der Waals surface area contributed by atoms with E-state index in [2.05, 4.69) is 21.0 Å². The van der Waals surface area contributed by atoms with Crippen molar-refractivity contribution in [3.63, 3.8) is 0 Å². The highest BCUT2D eigenvalue weighted by atomic mass is 79.9. The molecule has 31 heavy (non-hydrogen) atoms. The van der Waals surface area contributed by atoms with Gasteiger partial charge in [-0.1, -0.05) is 46.3 Å². The maximum absolute atomic E-state index is 13.3. The summed E-state index contributed by atoms with van der Waals surface area (Å²) in [7, 11) is 1.74. The second-order valence-electron chi connectivity index (χ2n) is 6.76. The summed E-state index contributed by atoms with van der Waals surface area (Å²) in [6.45, 7) is -0.0382. The molecule has 4 rings (SSSR count). The number of ether oxygens (including phenoxy) is 2. The van der Waals surface area contributed by atoms with E-state index in [-0.39, 0.29) is 12.4 Å². The number of benzene rings is 3. The lowest BCUT2D eigenvalue weighted by atomic mass is 10.1. The molecule has 0 aliphatic carbocycles. The largest absolute Gasteiger partial charge is 0.457 e. The van der Waals surface area contributed by atoms with Crippen LogP contribution in [0.5, 0.6) is 11.6 Å². The van der Waals surface area contributed by atoms with Crippen molar-refractivity contribution in [1.82, 2.24) is 9.78 Å². The van der Waals surface area contributed by atoms with Gasteiger partial charge in [0, 0.05) is 17.1 Å². The molecule has 156 valence electrons. The molecule has 0 bridgehead atoms. The molecule has 4 aromatic rings. The summed E-state index contributed by atoms with van der Waals surface area (Å²) in [5.41, 5.74) is 2.56. The van der Waals surface area contributed by atoms with Gasteiger partial charge in [-0.15, -0.1) is 0 Å². The average Bonchev–Trinajstić information content (AvgIpc) is 3.10. The SMILES string of the molecule is Cn1nc(-c2ccccc2)c(COC(=O)c2ccc(Br)cc2)c1Oc1ccc(F)cc1. The van der Waals surface area contributed by atoms with Gasteiger partial charge in [0.1, 0.15) is 23.9 Å². The molecule has 0 spiro atoms.